The van der Waals surface area contributed by atoms with Crippen LogP contribution in [0.2, 0.25) is 0 Å². The highest BCUT2D eigenvalue weighted by Crippen LogP contribution is 2.30. The number of nitrogens with one attached hydrogen (secondary N) is 1. The van der Waals surface area contributed by atoms with E-state index >= 15 is 0 Å². The van der Waals surface area contributed by atoms with E-state index in [2.05, 4.69) is 22.2 Å². The molecule has 106 valence electrons. The van der Waals surface area contributed by atoms with Crippen molar-refractivity contribution in [1.82, 2.24) is 9.97 Å². The van der Waals surface area contributed by atoms with Crippen LogP contribution in [0.15, 0.2) is 18.2 Å². The fraction of sp³-hybridized carbons (Fsp3) is 0.375. The van der Waals surface area contributed by atoms with Crippen LogP contribution in [0.3, 0.4) is 0 Å². The molecule has 0 radical (unpaired) electrons. The van der Waals surface area contributed by atoms with Crippen molar-refractivity contribution in [2.45, 2.75) is 27.2 Å². The summed E-state index contributed by atoms with van der Waals surface area (Å²) in [4.78, 5) is 9.26. The molecule has 1 N–H and O–H groups in total. The first kappa shape index (κ1) is 14.3. The molecule has 0 saturated carbocycles. The average Bonchev–Trinajstić information content (AvgIpc) is 2.46. The Kier molecular flexibility index (Phi) is 4.23. The number of anilines is 1. The lowest BCUT2D eigenvalue weighted by atomic mass is 10.1. The maximum atomic E-state index is 5.45. The SMILES string of the molecule is CCc1c(C)nc(-c2ccc(C)cc2OC)nc1NC. The maximum Gasteiger partial charge on any atom is 0.165 e. The Morgan fingerprint density at radius 2 is 1.95 bits per heavy atom. The van der Waals surface area contributed by atoms with Crippen molar-refractivity contribution in [3.8, 4) is 17.1 Å². The Morgan fingerprint density at radius 3 is 2.55 bits per heavy atom. The molecule has 4 heteroatoms. The molecule has 1 aromatic carbocycles. The predicted molar refractivity (Wildman–Crippen MR) is 82.4 cm³/mol. The van der Waals surface area contributed by atoms with Crippen LogP contribution < -0.4 is 10.1 Å². The molecule has 0 aliphatic rings. The van der Waals surface area contributed by atoms with Gasteiger partial charge in [0, 0.05) is 18.3 Å². The lowest BCUT2D eigenvalue weighted by Gasteiger charge is -2.13. The van der Waals surface area contributed by atoms with Gasteiger partial charge in [0.1, 0.15) is 11.6 Å². The molecular formula is C16H21N3O. The van der Waals surface area contributed by atoms with Crippen molar-refractivity contribution >= 4 is 5.82 Å². The molecule has 0 fully saturated rings. The topological polar surface area (TPSA) is 47.0 Å². The van der Waals surface area contributed by atoms with Gasteiger partial charge in [0.05, 0.1) is 12.7 Å². The first-order chi connectivity index (χ1) is 9.60. The summed E-state index contributed by atoms with van der Waals surface area (Å²) in [5.41, 5.74) is 4.23. The van der Waals surface area contributed by atoms with E-state index in [9.17, 15) is 0 Å². The van der Waals surface area contributed by atoms with Crippen LogP contribution in [0.25, 0.3) is 11.4 Å². The minimum atomic E-state index is 0.695. The number of ether oxygens (including phenoxy) is 1. The van der Waals surface area contributed by atoms with Gasteiger partial charge in [-0.15, -0.1) is 0 Å². The van der Waals surface area contributed by atoms with E-state index in [-0.39, 0.29) is 0 Å². The van der Waals surface area contributed by atoms with Crippen molar-refractivity contribution in [2.24, 2.45) is 0 Å². The Balaban J connectivity index is 2.61. The highest BCUT2D eigenvalue weighted by molar-refractivity contribution is 5.67. The van der Waals surface area contributed by atoms with Crippen LogP contribution in [0.5, 0.6) is 5.75 Å². The Hall–Kier alpha value is -2.10. The molecule has 0 amide bonds. The monoisotopic (exact) mass is 271 g/mol. The van der Waals surface area contributed by atoms with Gasteiger partial charge in [0.15, 0.2) is 5.82 Å². The number of hydrogen-bond donors (Lipinski definition) is 1. The third-order valence-corrected chi connectivity index (χ3v) is 3.40. The lowest BCUT2D eigenvalue weighted by molar-refractivity contribution is 0.416. The molecule has 0 bridgehead atoms. The van der Waals surface area contributed by atoms with Crippen LogP contribution in [-0.2, 0) is 6.42 Å². The van der Waals surface area contributed by atoms with Crippen LogP contribution in [0.1, 0.15) is 23.7 Å². The summed E-state index contributed by atoms with van der Waals surface area (Å²) >= 11 is 0. The van der Waals surface area contributed by atoms with E-state index < -0.39 is 0 Å². The van der Waals surface area contributed by atoms with E-state index in [1.54, 1.807) is 7.11 Å². The largest absolute Gasteiger partial charge is 0.496 e. The number of aromatic nitrogens is 2. The molecule has 0 unspecified atom stereocenters. The number of rotatable bonds is 4. The van der Waals surface area contributed by atoms with Gasteiger partial charge >= 0.3 is 0 Å². The molecule has 1 aromatic heterocycles. The molecule has 0 aliphatic heterocycles. The predicted octanol–water partition coefficient (Wildman–Crippen LogP) is 3.37. The van der Waals surface area contributed by atoms with Crippen molar-refractivity contribution < 1.29 is 4.74 Å². The fourth-order valence-corrected chi connectivity index (χ4v) is 2.33. The first-order valence-electron chi connectivity index (χ1n) is 6.81. The molecule has 20 heavy (non-hydrogen) atoms. The zero-order valence-corrected chi connectivity index (χ0v) is 12.7. The van der Waals surface area contributed by atoms with E-state index in [0.717, 1.165) is 40.4 Å². The summed E-state index contributed by atoms with van der Waals surface area (Å²) in [6, 6.07) is 6.05. The standard InChI is InChI=1S/C16H21N3O/c1-6-12-11(3)18-16(19-15(12)17-4)13-8-7-10(2)9-14(13)20-5/h7-9H,6H2,1-5H3,(H,17,18,19). The van der Waals surface area contributed by atoms with Gasteiger partial charge in [-0.05, 0) is 38.0 Å². The lowest BCUT2D eigenvalue weighted by Crippen LogP contribution is -2.05. The van der Waals surface area contributed by atoms with Crippen LogP contribution >= 0.6 is 0 Å². The summed E-state index contributed by atoms with van der Waals surface area (Å²) in [6.07, 6.45) is 0.910. The van der Waals surface area contributed by atoms with Crippen LogP contribution in [-0.4, -0.2) is 24.1 Å². The number of methoxy groups -OCH3 is 1. The molecular weight excluding hydrogens is 250 g/mol. The van der Waals surface area contributed by atoms with Gasteiger partial charge in [-0.25, -0.2) is 9.97 Å². The molecule has 0 saturated heterocycles. The number of nitrogens with zero attached hydrogens (tertiary/aromatic N) is 2. The Labute approximate surface area is 120 Å². The smallest absolute Gasteiger partial charge is 0.165 e. The van der Waals surface area contributed by atoms with Crippen molar-refractivity contribution in [3.05, 3.63) is 35.0 Å². The van der Waals surface area contributed by atoms with Gasteiger partial charge < -0.3 is 10.1 Å². The molecule has 0 spiro atoms. The van der Waals surface area contributed by atoms with E-state index in [4.69, 9.17) is 4.74 Å². The van der Waals surface area contributed by atoms with Gasteiger partial charge in [-0.3, -0.25) is 0 Å². The summed E-state index contributed by atoms with van der Waals surface area (Å²) in [5, 5.41) is 3.15. The third kappa shape index (κ3) is 2.59. The second-order valence-corrected chi connectivity index (χ2v) is 4.77. The van der Waals surface area contributed by atoms with Crippen LogP contribution in [0.4, 0.5) is 5.82 Å². The minimum Gasteiger partial charge on any atom is -0.496 e. The van der Waals surface area contributed by atoms with E-state index in [0.29, 0.717) is 5.82 Å². The quantitative estimate of drug-likeness (QED) is 0.926. The normalized spacial score (nSPS) is 10.4. The summed E-state index contributed by atoms with van der Waals surface area (Å²) < 4.78 is 5.45. The van der Waals surface area contributed by atoms with Crippen molar-refractivity contribution in [3.63, 3.8) is 0 Å². The van der Waals surface area contributed by atoms with E-state index in [1.807, 2.05) is 39.1 Å². The highest BCUT2D eigenvalue weighted by Gasteiger charge is 2.14. The summed E-state index contributed by atoms with van der Waals surface area (Å²) in [5.74, 6) is 2.38. The molecule has 2 aromatic rings. The minimum absolute atomic E-state index is 0.695. The molecule has 2 rings (SSSR count). The van der Waals surface area contributed by atoms with E-state index in [1.165, 1.54) is 0 Å². The third-order valence-electron chi connectivity index (χ3n) is 3.40. The van der Waals surface area contributed by atoms with Gasteiger partial charge in [0.2, 0.25) is 0 Å². The molecule has 0 atom stereocenters. The first-order valence-corrected chi connectivity index (χ1v) is 6.81. The van der Waals surface area contributed by atoms with Gasteiger partial charge in [0.25, 0.3) is 0 Å². The molecule has 4 nitrogen and oxygen atoms in total. The molecule has 1 heterocycles. The zero-order chi connectivity index (χ0) is 14.7. The number of benzene rings is 1. The van der Waals surface area contributed by atoms with Gasteiger partial charge in [-0.1, -0.05) is 13.0 Å². The van der Waals surface area contributed by atoms with Crippen molar-refractivity contribution in [2.75, 3.05) is 19.5 Å². The fourth-order valence-electron chi connectivity index (χ4n) is 2.33. The summed E-state index contributed by atoms with van der Waals surface area (Å²) in [7, 11) is 3.56. The van der Waals surface area contributed by atoms with Crippen LogP contribution in [0, 0.1) is 13.8 Å². The second-order valence-electron chi connectivity index (χ2n) is 4.77. The maximum absolute atomic E-state index is 5.45. The summed E-state index contributed by atoms with van der Waals surface area (Å²) in [6.45, 7) is 6.17. The van der Waals surface area contributed by atoms with Crippen molar-refractivity contribution in [1.29, 1.82) is 0 Å². The molecule has 0 aliphatic carbocycles. The zero-order valence-electron chi connectivity index (χ0n) is 12.7. The Morgan fingerprint density at radius 1 is 1.20 bits per heavy atom. The van der Waals surface area contributed by atoms with Gasteiger partial charge in [-0.2, -0.15) is 0 Å². The number of aryl methyl sites for hydroxylation is 2. The highest BCUT2D eigenvalue weighted by atomic mass is 16.5. The number of hydrogen-bond acceptors (Lipinski definition) is 4. The average molecular weight is 271 g/mol. The Bertz CT molecular complexity index is 623. The second kappa shape index (κ2) is 5.90.